The van der Waals surface area contributed by atoms with E-state index in [0.717, 1.165) is 36.3 Å². The van der Waals surface area contributed by atoms with Crippen LogP contribution in [-0.2, 0) is 4.74 Å². The Kier molecular flexibility index (Phi) is 2.55. The van der Waals surface area contributed by atoms with E-state index < -0.39 is 0 Å². The number of ether oxygens (including phenoxy) is 1. The lowest BCUT2D eigenvalue weighted by molar-refractivity contribution is 0.0285. The predicted octanol–water partition coefficient (Wildman–Crippen LogP) is 1.70. The maximum atomic E-state index is 5.98. The summed E-state index contributed by atoms with van der Waals surface area (Å²) in [5.41, 5.74) is 2.95. The van der Waals surface area contributed by atoms with Gasteiger partial charge in [0.2, 0.25) is 0 Å². The van der Waals surface area contributed by atoms with Crippen LogP contribution < -0.4 is 5.32 Å². The first kappa shape index (κ1) is 10.1. The fraction of sp³-hybridized carbons (Fsp3) is 0.364. The van der Waals surface area contributed by atoms with E-state index in [9.17, 15) is 0 Å². The van der Waals surface area contributed by atoms with Gasteiger partial charge in [0.15, 0.2) is 0 Å². The van der Waals surface area contributed by atoms with Crippen molar-refractivity contribution < 1.29 is 4.74 Å². The van der Waals surface area contributed by atoms with E-state index in [1.807, 2.05) is 18.2 Å². The number of nitrogens with zero attached hydrogens (tertiary/aromatic N) is 2. The van der Waals surface area contributed by atoms with Crippen LogP contribution in [-0.4, -0.2) is 28.8 Å². The highest BCUT2D eigenvalue weighted by Gasteiger charge is 2.19. The Morgan fingerprint density at radius 2 is 2.44 bits per heavy atom. The summed E-state index contributed by atoms with van der Waals surface area (Å²) in [6.07, 6.45) is 1.69. The van der Waals surface area contributed by atoms with Gasteiger partial charge in [-0.2, -0.15) is 0 Å². The fourth-order valence-corrected chi connectivity index (χ4v) is 2.24. The molecule has 1 N–H and O–H groups in total. The summed E-state index contributed by atoms with van der Waals surface area (Å²) in [6, 6.07) is 5.98. The van der Waals surface area contributed by atoms with Crippen LogP contribution in [0.5, 0.6) is 0 Å². The Bertz CT molecular complexity index is 505. The molecule has 2 aromatic rings. The van der Waals surface area contributed by atoms with E-state index in [0.29, 0.717) is 0 Å². The van der Waals surface area contributed by atoms with Gasteiger partial charge in [-0.1, -0.05) is 12.1 Å². The van der Waals surface area contributed by atoms with Gasteiger partial charge in [0.25, 0.3) is 0 Å². The Morgan fingerprint density at radius 3 is 3.25 bits per heavy atom. The number of benzene rings is 1. The number of para-hydroxylation sites is 1. The van der Waals surface area contributed by atoms with Crippen LogP contribution in [0.15, 0.2) is 24.5 Å². The molecule has 1 aromatic heterocycles. The monoisotopic (exact) mass is 237 g/mol. The molecule has 0 bridgehead atoms. The molecule has 84 valence electrons. The molecular formula is C11H12ClN3O. The van der Waals surface area contributed by atoms with Crippen LogP contribution in [0.3, 0.4) is 0 Å². The number of morpholine rings is 1. The number of imidazole rings is 1. The maximum absolute atomic E-state index is 5.98. The van der Waals surface area contributed by atoms with Gasteiger partial charge >= 0.3 is 0 Å². The SMILES string of the molecule is Cln1cnc2c(C3CNCCO3)cccc21. The number of hydrogen-bond acceptors (Lipinski definition) is 3. The Labute approximate surface area is 98.3 Å². The molecule has 4 nitrogen and oxygen atoms in total. The van der Waals surface area contributed by atoms with E-state index in [1.165, 1.54) is 4.09 Å². The van der Waals surface area contributed by atoms with Crippen LogP contribution in [0.1, 0.15) is 11.7 Å². The molecule has 1 aliphatic heterocycles. The van der Waals surface area contributed by atoms with Gasteiger partial charge < -0.3 is 10.1 Å². The number of fused-ring (bicyclic) bond motifs is 1. The molecular weight excluding hydrogens is 226 g/mol. The average molecular weight is 238 g/mol. The summed E-state index contributed by atoms with van der Waals surface area (Å²) >= 11 is 5.98. The normalized spacial score (nSPS) is 21.4. The maximum Gasteiger partial charge on any atom is 0.111 e. The highest BCUT2D eigenvalue weighted by atomic mass is 35.5. The first-order valence-electron chi connectivity index (χ1n) is 5.31. The van der Waals surface area contributed by atoms with Gasteiger partial charge in [-0.05, 0) is 6.07 Å². The highest BCUT2D eigenvalue weighted by molar-refractivity contribution is 6.18. The van der Waals surface area contributed by atoms with Crippen molar-refractivity contribution in [2.45, 2.75) is 6.10 Å². The Morgan fingerprint density at radius 1 is 1.50 bits per heavy atom. The second-order valence-electron chi connectivity index (χ2n) is 3.83. The van der Waals surface area contributed by atoms with Crippen LogP contribution in [0.2, 0.25) is 0 Å². The molecule has 2 heterocycles. The molecule has 3 rings (SSSR count). The topological polar surface area (TPSA) is 39.1 Å². The summed E-state index contributed by atoms with van der Waals surface area (Å²) in [6.45, 7) is 2.48. The number of aromatic nitrogens is 2. The largest absolute Gasteiger partial charge is 0.371 e. The van der Waals surface area contributed by atoms with Gasteiger partial charge in [0.05, 0.1) is 23.7 Å². The second kappa shape index (κ2) is 4.05. The van der Waals surface area contributed by atoms with Gasteiger partial charge in [-0.3, -0.25) is 0 Å². The second-order valence-corrected chi connectivity index (χ2v) is 4.20. The first-order valence-corrected chi connectivity index (χ1v) is 5.64. The fourth-order valence-electron chi connectivity index (χ4n) is 2.06. The molecule has 16 heavy (non-hydrogen) atoms. The number of nitrogens with one attached hydrogen (secondary N) is 1. The van der Waals surface area contributed by atoms with Crippen molar-refractivity contribution in [3.8, 4) is 0 Å². The quantitative estimate of drug-likeness (QED) is 0.821. The highest BCUT2D eigenvalue weighted by Crippen LogP contribution is 2.26. The summed E-state index contributed by atoms with van der Waals surface area (Å²) < 4.78 is 7.24. The van der Waals surface area contributed by atoms with Crippen LogP contribution >= 0.6 is 11.8 Å². The molecule has 1 saturated heterocycles. The molecule has 1 atom stereocenters. The summed E-state index contributed by atoms with van der Waals surface area (Å²) in [5.74, 6) is 0. The Hall–Kier alpha value is -1.10. The number of hydrogen-bond donors (Lipinski definition) is 1. The summed E-state index contributed by atoms with van der Waals surface area (Å²) in [4.78, 5) is 4.32. The smallest absolute Gasteiger partial charge is 0.111 e. The molecule has 0 radical (unpaired) electrons. The van der Waals surface area contributed by atoms with Crippen molar-refractivity contribution >= 4 is 22.8 Å². The van der Waals surface area contributed by atoms with Crippen LogP contribution in [0.4, 0.5) is 0 Å². The molecule has 0 aliphatic carbocycles. The van der Waals surface area contributed by atoms with Gasteiger partial charge in [-0.25, -0.2) is 9.07 Å². The summed E-state index contributed by atoms with van der Waals surface area (Å²) in [5, 5.41) is 3.31. The zero-order valence-electron chi connectivity index (χ0n) is 8.69. The molecule has 0 spiro atoms. The van der Waals surface area contributed by atoms with E-state index in [2.05, 4.69) is 10.3 Å². The van der Waals surface area contributed by atoms with E-state index in [1.54, 1.807) is 6.33 Å². The zero-order valence-corrected chi connectivity index (χ0v) is 9.44. The third kappa shape index (κ3) is 1.59. The lowest BCUT2D eigenvalue weighted by atomic mass is 10.1. The third-order valence-corrected chi connectivity index (χ3v) is 3.11. The lowest BCUT2D eigenvalue weighted by Crippen LogP contribution is -2.33. The van der Waals surface area contributed by atoms with Gasteiger partial charge in [0.1, 0.15) is 6.33 Å². The molecule has 0 amide bonds. The van der Waals surface area contributed by atoms with Gasteiger partial charge in [0, 0.05) is 30.4 Å². The average Bonchev–Trinajstić information content (AvgIpc) is 2.73. The van der Waals surface area contributed by atoms with E-state index >= 15 is 0 Å². The molecule has 1 aromatic carbocycles. The molecule has 1 aliphatic rings. The predicted molar refractivity (Wildman–Crippen MR) is 62.5 cm³/mol. The van der Waals surface area contributed by atoms with Crippen molar-refractivity contribution in [2.24, 2.45) is 0 Å². The summed E-state index contributed by atoms with van der Waals surface area (Å²) in [7, 11) is 0. The first-order chi connectivity index (χ1) is 7.86. The third-order valence-electron chi connectivity index (χ3n) is 2.84. The van der Waals surface area contributed by atoms with Crippen molar-refractivity contribution in [3.63, 3.8) is 0 Å². The standard InChI is InChI=1S/C11H12ClN3O/c12-15-7-14-11-8(2-1-3-9(11)15)10-6-13-4-5-16-10/h1-3,7,10,13H,4-6H2. The minimum Gasteiger partial charge on any atom is -0.371 e. The van der Waals surface area contributed by atoms with E-state index in [4.69, 9.17) is 16.5 Å². The zero-order chi connectivity index (χ0) is 11.0. The molecule has 1 unspecified atom stereocenters. The minimum absolute atomic E-state index is 0.0732. The van der Waals surface area contributed by atoms with Crippen LogP contribution in [0, 0.1) is 0 Å². The van der Waals surface area contributed by atoms with Crippen molar-refractivity contribution in [2.75, 3.05) is 19.7 Å². The lowest BCUT2D eigenvalue weighted by Gasteiger charge is -2.24. The van der Waals surface area contributed by atoms with Crippen molar-refractivity contribution in [1.82, 2.24) is 14.4 Å². The number of halogens is 1. The minimum atomic E-state index is 0.0732. The van der Waals surface area contributed by atoms with Crippen molar-refractivity contribution in [1.29, 1.82) is 0 Å². The molecule has 5 heteroatoms. The molecule has 0 saturated carbocycles. The van der Waals surface area contributed by atoms with Crippen LogP contribution in [0.25, 0.3) is 11.0 Å². The molecule has 1 fully saturated rings. The Balaban J connectivity index is 2.08. The van der Waals surface area contributed by atoms with E-state index in [-0.39, 0.29) is 6.10 Å². The number of rotatable bonds is 1. The van der Waals surface area contributed by atoms with Gasteiger partial charge in [-0.15, -0.1) is 0 Å². The van der Waals surface area contributed by atoms with Crippen molar-refractivity contribution in [3.05, 3.63) is 30.1 Å².